The maximum Gasteiger partial charge on any atom is 0.259 e. The van der Waals surface area contributed by atoms with Crippen LogP contribution >= 0.6 is 0 Å². The molecule has 2 aliphatic rings. The normalized spacial score (nSPS) is 25.1. The molecule has 2 aromatic heterocycles. The van der Waals surface area contributed by atoms with Crippen molar-refractivity contribution >= 4 is 5.91 Å². The standard InChI is InChI=1S/C23H28F2N4O3/c1-21(16-5-8-19(30)28-11-16)14-29(10-9-23(21,24)25)22(2,20(26)31)18-7-6-17(12-27-18)32-13-15-3-4-15/h5-8,11-12,15H,3-4,9-10,13-14H2,1-2H3,(H2,26,31)(H,28,30)/t21-,22?/m1/s1. The minimum atomic E-state index is -3.05. The molecule has 1 unspecified atom stereocenters. The van der Waals surface area contributed by atoms with E-state index in [9.17, 15) is 9.59 Å². The van der Waals surface area contributed by atoms with E-state index in [4.69, 9.17) is 10.5 Å². The van der Waals surface area contributed by atoms with Gasteiger partial charge in [0.25, 0.3) is 5.92 Å². The molecule has 2 aromatic rings. The Balaban J connectivity index is 1.64. The average molecular weight is 446 g/mol. The van der Waals surface area contributed by atoms with Gasteiger partial charge in [-0.05, 0) is 50.3 Å². The number of nitrogens with zero attached hydrogens (tertiary/aromatic N) is 2. The Morgan fingerprint density at radius 2 is 2.09 bits per heavy atom. The van der Waals surface area contributed by atoms with Gasteiger partial charge >= 0.3 is 0 Å². The molecule has 2 fully saturated rings. The summed E-state index contributed by atoms with van der Waals surface area (Å²) in [6.45, 7) is 3.50. The number of rotatable bonds is 7. The third-order valence-electron chi connectivity index (χ3n) is 6.96. The molecule has 9 heteroatoms. The Hall–Kier alpha value is -2.81. The molecule has 0 aromatic carbocycles. The summed E-state index contributed by atoms with van der Waals surface area (Å²) in [6.07, 6.45) is 4.72. The number of aromatic amines is 1. The number of nitrogens with two attached hydrogens (primary N) is 1. The van der Waals surface area contributed by atoms with Gasteiger partial charge in [-0.2, -0.15) is 0 Å². The van der Waals surface area contributed by atoms with E-state index in [-0.39, 0.29) is 24.2 Å². The average Bonchev–Trinajstić information content (AvgIpc) is 3.59. The number of ether oxygens (including phenoxy) is 1. The number of aromatic nitrogens is 2. The Labute approximate surface area is 185 Å². The highest BCUT2D eigenvalue weighted by Gasteiger charge is 2.58. The monoisotopic (exact) mass is 446 g/mol. The zero-order chi connectivity index (χ0) is 23.1. The molecular formula is C23H28F2N4O3. The first-order valence-electron chi connectivity index (χ1n) is 10.8. The van der Waals surface area contributed by atoms with Crippen LogP contribution in [0.4, 0.5) is 8.78 Å². The number of piperidine rings is 1. The van der Waals surface area contributed by atoms with Crippen LogP contribution in [0.2, 0.25) is 0 Å². The van der Waals surface area contributed by atoms with Gasteiger partial charge < -0.3 is 15.5 Å². The van der Waals surface area contributed by atoms with Crippen LogP contribution in [0.1, 0.15) is 44.4 Å². The summed E-state index contributed by atoms with van der Waals surface area (Å²) in [6, 6.07) is 6.02. The van der Waals surface area contributed by atoms with Gasteiger partial charge in [0.2, 0.25) is 11.5 Å². The van der Waals surface area contributed by atoms with Crippen LogP contribution in [-0.2, 0) is 15.7 Å². The summed E-state index contributed by atoms with van der Waals surface area (Å²) in [4.78, 5) is 32.6. The number of H-pyrrole nitrogens is 1. The smallest absolute Gasteiger partial charge is 0.259 e. The number of pyridine rings is 2. The SMILES string of the molecule is CC(C(N)=O)(c1ccc(OCC2CC2)cn1)N1CCC(F)(F)[C@@](C)(c2ccc(=O)[nH]c2)C1. The van der Waals surface area contributed by atoms with Crippen molar-refractivity contribution in [1.82, 2.24) is 14.9 Å². The minimum Gasteiger partial charge on any atom is -0.492 e. The molecular weight excluding hydrogens is 418 g/mol. The van der Waals surface area contributed by atoms with Gasteiger partial charge in [-0.1, -0.05) is 6.07 Å². The molecule has 0 spiro atoms. The van der Waals surface area contributed by atoms with Gasteiger partial charge in [0.05, 0.1) is 23.9 Å². The first kappa shape index (κ1) is 22.4. The van der Waals surface area contributed by atoms with Crippen LogP contribution in [-0.4, -0.2) is 46.4 Å². The molecule has 3 N–H and O–H groups in total. The Bertz CT molecular complexity index is 1030. The second-order valence-corrected chi connectivity index (χ2v) is 9.22. The molecule has 1 saturated heterocycles. The topological polar surface area (TPSA) is 101 Å². The summed E-state index contributed by atoms with van der Waals surface area (Å²) in [5.41, 5.74) is 3.06. The number of nitrogens with one attached hydrogen (secondary N) is 1. The van der Waals surface area contributed by atoms with E-state index in [2.05, 4.69) is 9.97 Å². The van der Waals surface area contributed by atoms with Crippen molar-refractivity contribution in [1.29, 1.82) is 0 Å². The molecule has 3 heterocycles. The molecule has 2 atom stereocenters. The molecule has 1 aliphatic heterocycles. The lowest BCUT2D eigenvalue weighted by Crippen LogP contribution is -2.64. The number of amides is 1. The number of carbonyl (C=O) groups is 1. The van der Waals surface area contributed by atoms with E-state index in [1.807, 2.05) is 0 Å². The maximum atomic E-state index is 15.1. The van der Waals surface area contributed by atoms with Crippen LogP contribution in [0, 0.1) is 5.92 Å². The van der Waals surface area contributed by atoms with Gasteiger partial charge in [-0.15, -0.1) is 0 Å². The molecule has 0 radical (unpaired) electrons. The van der Waals surface area contributed by atoms with Crippen LogP contribution in [0.3, 0.4) is 0 Å². The third-order valence-corrected chi connectivity index (χ3v) is 6.96. The molecule has 1 amide bonds. The summed E-state index contributed by atoms with van der Waals surface area (Å²) >= 11 is 0. The van der Waals surface area contributed by atoms with Crippen LogP contribution in [0.25, 0.3) is 0 Å². The highest BCUT2D eigenvalue weighted by molar-refractivity contribution is 5.85. The Kier molecular flexibility index (Phi) is 5.56. The zero-order valence-corrected chi connectivity index (χ0v) is 18.2. The van der Waals surface area contributed by atoms with E-state index < -0.39 is 29.2 Å². The predicted octanol–water partition coefficient (Wildman–Crippen LogP) is 2.56. The van der Waals surface area contributed by atoms with E-state index in [1.165, 1.54) is 38.1 Å². The molecule has 1 aliphatic carbocycles. The second-order valence-electron chi connectivity index (χ2n) is 9.22. The fraction of sp³-hybridized carbons (Fsp3) is 0.522. The fourth-order valence-electron chi connectivity index (χ4n) is 4.26. The van der Waals surface area contributed by atoms with Crippen molar-refractivity contribution in [2.75, 3.05) is 19.7 Å². The summed E-state index contributed by atoms with van der Waals surface area (Å²) in [5, 5.41) is 0. The number of hydrogen-bond acceptors (Lipinski definition) is 5. The summed E-state index contributed by atoms with van der Waals surface area (Å²) in [5.74, 6) is -2.54. The van der Waals surface area contributed by atoms with Crippen molar-refractivity contribution < 1.29 is 18.3 Å². The number of carbonyl (C=O) groups excluding carboxylic acids is 1. The van der Waals surface area contributed by atoms with E-state index in [0.29, 0.717) is 24.0 Å². The van der Waals surface area contributed by atoms with Crippen LogP contribution in [0.15, 0.2) is 41.5 Å². The maximum absolute atomic E-state index is 15.1. The van der Waals surface area contributed by atoms with Crippen molar-refractivity contribution in [3.63, 3.8) is 0 Å². The molecule has 1 saturated carbocycles. The summed E-state index contributed by atoms with van der Waals surface area (Å²) in [7, 11) is 0. The first-order chi connectivity index (χ1) is 15.1. The van der Waals surface area contributed by atoms with Crippen molar-refractivity contribution in [3.05, 3.63) is 58.3 Å². The lowest BCUT2D eigenvalue weighted by molar-refractivity contribution is -0.152. The number of halogens is 2. The molecule has 32 heavy (non-hydrogen) atoms. The highest BCUT2D eigenvalue weighted by atomic mass is 19.3. The molecule has 7 nitrogen and oxygen atoms in total. The van der Waals surface area contributed by atoms with E-state index in [1.54, 1.807) is 30.2 Å². The van der Waals surface area contributed by atoms with Crippen molar-refractivity contribution in [2.45, 2.75) is 50.0 Å². The first-order valence-corrected chi connectivity index (χ1v) is 10.8. The Morgan fingerprint density at radius 1 is 1.34 bits per heavy atom. The highest BCUT2D eigenvalue weighted by Crippen LogP contribution is 2.47. The zero-order valence-electron chi connectivity index (χ0n) is 18.2. The van der Waals surface area contributed by atoms with E-state index >= 15 is 8.78 Å². The van der Waals surface area contributed by atoms with Gasteiger partial charge in [0, 0.05) is 31.8 Å². The van der Waals surface area contributed by atoms with Crippen molar-refractivity contribution in [2.24, 2.45) is 11.7 Å². The minimum absolute atomic E-state index is 0.0347. The van der Waals surface area contributed by atoms with Crippen molar-refractivity contribution in [3.8, 4) is 5.75 Å². The quantitative estimate of drug-likeness (QED) is 0.681. The van der Waals surface area contributed by atoms with Crippen LogP contribution < -0.4 is 16.0 Å². The number of likely N-dealkylation sites (tertiary alicyclic amines) is 1. The number of primary amides is 1. The van der Waals surface area contributed by atoms with E-state index in [0.717, 1.165) is 0 Å². The fourth-order valence-corrected chi connectivity index (χ4v) is 4.26. The Morgan fingerprint density at radius 3 is 2.66 bits per heavy atom. The second kappa shape index (κ2) is 7.95. The molecule has 0 bridgehead atoms. The largest absolute Gasteiger partial charge is 0.492 e. The van der Waals surface area contributed by atoms with Gasteiger partial charge in [-0.25, -0.2) is 8.78 Å². The number of hydrogen-bond donors (Lipinski definition) is 2. The van der Waals surface area contributed by atoms with Gasteiger partial charge in [0.1, 0.15) is 11.3 Å². The summed E-state index contributed by atoms with van der Waals surface area (Å²) < 4.78 is 36.0. The predicted molar refractivity (Wildman–Crippen MR) is 115 cm³/mol. The number of alkyl halides is 2. The van der Waals surface area contributed by atoms with Crippen LogP contribution in [0.5, 0.6) is 5.75 Å². The van der Waals surface area contributed by atoms with Gasteiger partial charge in [-0.3, -0.25) is 19.5 Å². The lowest BCUT2D eigenvalue weighted by Gasteiger charge is -2.51. The molecule has 172 valence electrons. The van der Waals surface area contributed by atoms with Gasteiger partial charge in [0.15, 0.2) is 0 Å². The third kappa shape index (κ3) is 3.90. The lowest BCUT2D eigenvalue weighted by atomic mass is 9.71. The molecule has 4 rings (SSSR count).